The Morgan fingerprint density at radius 2 is 1.63 bits per heavy atom. The third-order valence-electron chi connectivity index (χ3n) is 6.32. The summed E-state index contributed by atoms with van der Waals surface area (Å²) in [5, 5.41) is 11.7. The van der Waals surface area contributed by atoms with Crippen LogP contribution in [0, 0.1) is 0 Å². The molecule has 0 bridgehead atoms. The Labute approximate surface area is 219 Å². The third-order valence-corrected chi connectivity index (χ3v) is 6.32. The second-order valence-electron chi connectivity index (χ2n) is 9.09. The van der Waals surface area contributed by atoms with Crippen LogP contribution in [0.1, 0.15) is 36.0 Å². The minimum Gasteiger partial charge on any atom is -0.503 e. The summed E-state index contributed by atoms with van der Waals surface area (Å²) in [5.74, 6) is -0.214. The SMILES string of the molecule is COc1ccc(N2C(=O)C(O)=C(C(=O)c3cc4cccc(OC)c4o3)C2c2ccc(OC(C)C)cc2)cc1. The van der Waals surface area contributed by atoms with Gasteiger partial charge in [0.15, 0.2) is 22.9 Å². The van der Waals surface area contributed by atoms with Gasteiger partial charge in [-0.2, -0.15) is 0 Å². The first kappa shape index (κ1) is 25.0. The van der Waals surface area contributed by atoms with Gasteiger partial charge in [0.2, 0.25) is 5.78 Å². The van der Waals surface area contributed by atoms with E-state index < -0.39 is 23.5 Å². The zero-order valence-electron chi connectivity index (χ0n) is 21.4. The average Bonchev–Trinajstić information content (AvgIpc) is 3.47. The standard InChI is InChI=1S/C30H27NO7/c1-17(2)37-22-12-8-18(9-13-22)26-25(27(32)24-16-19-6-5-7-23(36-4)29(19)38-24)28(33)30(34)31(26)20-10-14-21(35-3)15-11-20/h5-17,26,33H,1-4H3. The van der Waals surface area contributed by atoms with E-state index in [4.69, 9.17) is 18.6 Å². The van der Waals surface area contributed by atoms with Gasteiger partial charge in [-0.15, -0.1) is 0 Å². The highest BCUT2D eigenvalue weighted by Crippen LogP contribution is 2.43. The van der Waals surface area contributed by atoms with Gasteiger partial charge in [0.05, 0.1) is 31.9 Å². The molecule has 5 rings (SSSR count). The van der Waals surface area contributed by atoms with Crippen LogP contribution in [0.5, 0.6) is 17.2 Å². The molecule has 1 atom stereocenters. The summed E-state index contributed by atoms with van der Waals surface area (Å²) in [5.41, 5.74) is 1.43. The number of carbonyl (C=O) groups excluding carboxylic acids is 2. The first-order valence-corrected chi connectivity index (χ1v) is 12.1. The molecule has 2 heterocycles. The largest absolute Gasteiger partial charge is 0.503 e. The first-order valence-electron chi connectivity index (χ1n) is 12.1. The van der Waals surface area contributed by atoms with E-state index in [2.05, 4.69) is 0 Å². The second kappa shape index (κ2) is 9.97. The summed E-state index contributed by atoms with van der Waals surface area (Å²) in [6, 6.07) is 19.9. The number of hydrogen-bond donors (Lipinski definition) is 1. The highest BCUT2D eigenvalue weighted by Gasteiger charge is 2.45. The number of ketones is 1. The van der Waals surface area contributed by atoms with Gasteiger partial charge in [0.1, 0.15) is 11.5 Å². The van der Waals surface area contributed by atoms with Gasteiger partial charge in [-0.05, 0) is 67.9 Å². The highest BCUT2D eigenvalue weighted by atomic mass is 16.5. The number of carbonyl (C=O) groups is 2. The number of anilines is 1. The molecule has 1 aromatic heterocycles. The maximum Gasteiger partial charge on any atom is 0.294 e. The van der Waals surface area contributed by atoms with E-state index in [9.17, 15) is 14.7 Å². The van der Waals surface area contributed by atoms with Crippen molar-refractivity contribution in [3.8, 4) is 17.2 Å². The fraction of sp³-hybridized carbons (Fsp3) is 0.200. The molecule has 0 saturated heterocycles. The van der Waals surface area contributed by atoms with Crippen LogP contribution in [0.15, 0.2) is 88.5 Å². The summed E-state index contributed by atoms with van der Waals surface area (Å²) in [6.45, 7) is 3.85. The molecule has 0 aliphatic carbocycles. The van der Waals surface area contributed by atoms with Crippen LogP contribution in [0.25, 0.3) is 11.0 Å². The van der Waals surface area contributed by atoms with Gasteiger partial charge in [-0.3, -0.25) is 14.5 Å². The lowest BCUT2D eigenvalue weighted by Crippen LogP contribution is -2.31. The van der Waals surface area contributed by atoms with Crippen molar-refractivity contribution < 1.29 is 33.3 Å². The summed E-state index contributed by atoms with van der Waals surface area (Å²) in [6.07, 6.45) is -0.0177. The molecule has 0 spiro atoms. The van der Waals surface area contributed by atoms with Crippen LogP contribution in [0.2, 0.25) is 0 Å². The number of methoxy groups -OCH3 is 2. The van der Waals surface area contributed by atoms with Crippen molar-refractivity contribution in [2.45, 2.75) is 26.0 Å². The lowest BCUT2D eigenvalue weighted by Gasteiger charge is -2.27. The summed E-state index contributed by atoms with van der Waals surface area (Å²) in [4.78, 5) is 28.7. The number of amides is 1. The van der Waals surface area contributed by atoms with E-state index in [-0.39, 0.29) is 17.4 Å². The van der Waals surface area contributed by atoms with Crippen molar-refractivity contribution in [3.05, 3.63) is 95.5 Å². The Morgan fingerprint density at radius 1 is 0.947 bits per heavy atom. The molecule has 38 heavy (non-hydrogen) atoms. The fourth-order valence-corrected chi connectivity index (χ4v) is 4.60. The Hall–Kier alpha value is -4.72. The first-order chi connectivity index (χ1) is 18.3. The zero-order valence-corrected chi connectivity index (χ0v) is 21.4. The summed E-state index contributed by atoms with van der Waals surface area (Å²) >= 11 is 0. The molecular weight excluding hydrogens is 486 g/mol. The predicted molar refractivity (Wildman–Crippen MR) is 142 cm³/mol. The maximum atomic E-state index is 13.9. The number of ether oxygens (including phenoxy) is 3. The Morgan fingerprint density at radius 3 is 2.26 bits per heavy atom. The Bertz CT molecular complexity index is 1530. The van der Waals surface area contributed by atoms with Gasteiger partial charge in [-0.25, -0.2) is 0 Å². The van der Waals surface area contributed by atoms with Crippen LogP contribution >= 0.6 is 0 Å². The zero-order chi connectivity index (χ0) is 27.0. The van der Waals surface area contributed by atoms with Crippen LogP contribution < -0.4 is 19.1 Å². The molecule has 1 aliphatic rings. The number of furan rings is 1. The van der Waals surface area contributed by atoms with Gasteiger partial charge >= 0.3 is 0 Å². The molecular formula is C30H27NO7. The molecule has 3 aromatic carbocycles. The number of benzene rings is 3. The monoisotopic (exact) mass is 513 g/mol. The van der Waals surface area contributed by atoms with Crippen molar-refractivity contribution in [2.24, 2.45) is 0 Å². The molecule has 0 saturated carbocycles. The number of Topliss-reactive ketones (excluding diaryl/α,β-unsaturated/α-hetero) is 1. The van der Waals surface area contributed by atoms with Crippen molar-refractivity contribution in [3.63, 3.8) is 0 Å². The molecule has 1 aliphatic heterocycles. The van der Waals surface area contributed by atoms with E-state index in [1.807, 2.05) is 13.8 Å². The number of aliphatic hydroxyl groups is 1. The minimum absolute atomic E-state index is 0.0137. The predicted octanol–water partition coefficient (Wildman–Crippen LogP) is 6.02. The number of aliphatic hydroxyl groups excluding tert-OH is 1. The summed E-state index contributed by atoms with van der Waals surface area (Å²) in [7, 11) is 3.06. The average molecular weight is 514 g/mol. The van der Waals surface area contributed by atoms with Gasteiger partial charge < -0.3 is 23.7 Å². The van der Waals surface area contributed by atoms with Crippen LogP contribution in [-0.4, -0.2) is 37.1 Å². The Balaban J connectivity index is 1.62. The molecule has 8 nitrogen and oxygen atoms in total. The van der Waals surface area contributed by atoms with E-state index in [1.165, 1.54) is 12.0 Å². The molecule has 1 unspecified atom stereocenters. The molecule has 1 N–H and O–H groups in total. The van der Waals surface area contributed by atoms with Gasteiger partial charge in [0, 0.05) is 11.1 Å². The number of hydrogen-bond acceptors (Lipinski definition) is 7. The lowest BCUT2D eigenvalue weighted by atomic mass is 9.94. The molecule has 1 amide bonds. The van der Waals surface area contributed by atoms with Crippen LogP contribution in [0.4, 0.5) is 5.69 Å². The Kier molecular flexibility index (Phi) is 6.55. The second-order valence-corrected chi connectivity index (χ2v) is 9.09. The van der Waals surface area contributed by atoms with Crippen molar-refractivity contribution in [2.75, 3.05) is 19.1 Å². The smallest absolute Gasteiger partial charge is 0.294 e. The van der Waals surface area contributed by atoms with Crippen molar-refractivity contribution >= 4 is 28.3 Å². The number of nitrogens with zero attached hydrogens (tertiary/aromatic N) is 1. The molecule has 0 radical (unpaired) electrons. The number of fused-ring (bicyclic) bond motifs is 1. The number of para-hydroxylation sites is 1. The third kappa shape index (κ3) is 4.34. The maximum absolute atomic E-state index is 13.9. The van der Waals surface area contributed by atoms with Crippen LogP contribution in [0.3, 0.4) is 0 Å². The molecule has 8 heteroatoms. The molecule has 194 valence electrons. The molecule has 4 aromatic rings. The van der Waals surface area contributed by atoms with Crippen molar-refractivity contribution in [1.29, 1.82) is 0 Å². The normalized spacial score (nSPS) is 15.4. The van der Waals surface area contributed by atoms with Crippen LogP contribution in [-0.2, 0) is 4.79 Å². The quantitative estimate of drug-likeness (QED) is 0.288. The summed E-state index contributed by atoms with van der Waals surface area (Å²) < 4.78 is 22.2. The number of rotatable bonds is 8. The minimum atomic E-state index is -0.911. The van der Waals surface area contributed by atoms with E-state index in [0.717, 1.165) is 0 Å². The van der Waals surface area contributed by atoms with Gasteiger partial charge in [-0.1, -0.05) is 24.3 Å². The van der Waals surface area contributed by atoms with Crippen molar-refractivity contribution in [1.82, 2.24) is 0 Å². The van der Waals surface area contributed by atoms with E-state index in [1.54, 1.807) is 79.9 Å². The highest BCUT2D eigenvalue weighted by molar-refractivity contribution is 6.20. The molecule has 0 fully saturated rings. The lowest BCUT2D eigenvalue weighted by molar-refractivity contribution is -0.117. The van der Waals surface area contributed by atoms with Gasteiger partial charge in [0.25, 0.3) is 5.91 Å². The fourth-order valence-electron chi connectivity index (χ4n) is 4.60. The van der Waals surface area contributed by atoms with E-state index in [0.29, 0.717) is 39.5 Å². The van der Waals surface area contributed by atoms with E-state index >= 15 is 0 Å². The topological polar surface area (TPSA) is 98.4 Å².